The zero-order valence-electron chi connectivity index (χ0n) is 8.50. The highest BCUT2D eigenvalue weighted by Gasteiger charge is 2.11. The first-order valence-electron chi connectivity index (χ1n) is 4.63. The summed E-state index contributed by atoms with van der Waals surface area (Å²) >= 11 is 0. The summed E-state index contributed by atoms with van der Waals surface area (Å²) in [6, 6.07) is 4.95. The molecule has 0 bridgehead atoms. The Morgan fingerprint density at radius 2 is 2.18 bits per heavy atom. The Labute approximate surface area is 95.5 Å². The van der Waals surface area contributed by atoms with Crippen molar-refractivity contribution in [3.63, 3.8) is 0 Å². The summed E-state index contributed by atoms with van der Waals surface area (Å²) in [5, 5.41) is 8.74. The van der Waals surface area contributed by atoms with Gasteiger partial charge in [0.15, 0.2) is 0 Å². The van der Waals surface area contributed by atoms with Crippen molar-refractivity contribution in [1.82, 2.24) is 9.97 Å². The Hall–Kier alpha value is -2.50. The van der Waals surface area contributed by atoms with Gasteiger partial charge in [-0.25, -0.2) is 19.2 Å². The van der Waals surface area contributed by atoms with E-state index < -0.39 is 17.3 Å². The van der Waals surface area contributed by atoms with E-state index in [2.05, 4.69) is 9.97 Å². The lowest BCUT2D eigenvalue weighted by Crippen LogP contribution is -2.00. The fraction of sp³-hybridized carbons (Fsp3) is 0. The van der Waals surface area contributed by atoms with Gasteiger partial charge in [-0.15, -0.1) is 0 Å². The smallest absolute Gasteiger partial charge is 0.338 e. The quantitative estimate of drug-likeness (QED) is 0.880. The maximum Gasteiger partial charge on any atom is 0.338 e. The fourth-order valence-corrected chi connectivity index (χ4v) is 1.19. The molecule has 86 valence electrons. The summed E-state index contributed by atoms with van der Waals surface area (Å²) in [7, 11) is 0. The molecule has 0 amide bonds. The minimum atomic E-state index is -1.35. The molecular weight excluding hydrogens is 227 g/mol. The fourth-order valence-electron chi connectivity index (χ4n) is 1.19. The second kappa shape index (κ2) is 4.56. The molecule has 17 heavy (non-hydrogen) atoms. The molecule has 0 saturated heterocycles. The number of benzene rings is 1. The molecule has 1 aromatic heterocycles. The molecular formula is C11H7FN2O3. The molecule has 0 atom stereocenters. The molecule has 0 unspecified atom stereocenters. The van der Waals surface area contributed by atoms with E-state index in [1.807, 2.05) is 0 Å². The summed E-state index contributed by atoms with van der Waals surface area (Å²) in [6.07, 6.45) is 2.76. The van der Waals surface area contributed by atoms with E-state index in [0.29, 0.717) is 0 Å². The van der Waals surface area contributed by atoms with Crippen LogP contribution in [-0.4, -0.2) is 21.0 Å². The van der Waals surface area contributed by atoms with Gasteiger partial charge in [0.25, 0.3) is 0 Å². The van der Waals surface area contributed by atoms with E-state index in [1.165, 1.54) is 24.7 Å². The van der Waals surface area contributed by atoms with E-state index in [1.54, 1.807) is 0 Å². The van der Waals surface area contributed by atoms with Crippen molar-refractivity contribution in [2.45, 2.75) is 0 Å². The Kier molecular flexibility index (Phi) is 2.95. The lowest BCUT2D eigenvalue weighted by atomic mass is 10.2. The average Bonchev–Trinajstić information content (AvgIpc) is 2.32. The van der Waals surface area contributed by atoms with Crippen LogP contribution in [0.4, 0.5) is 4.39 Å². The topological polar surface area (TPSA) is 72.3 Å². The highest BCUT2D eigenvalue weighted by molar-refractivity contribution is 5.88. The zero-order chi connectivity index (χ0) is 12.3. The number of carboxylic acids is 1. The van der Waals surface area contributed by atoms with Crippen LogP contribution in [0, 0.1) is 5.82 Å². The van der Waals surface area contributed by atoms with Crippen molar-refractivity contribution in [1.29, 1.82) is 0 Å². The van der Waals surface area contributed by atoms with Crippen LogP contribution in [0.3, 0.4) is 0 Å². The largest absolute Gasteiger partial charge is 0.478 e. The second-order valence-corrected chi connectivity index (χ2v) is 3.10. The first-order chi connectivity index (χ1) is 8.16. The van der Waals surface area contributed by atoms with Crippen molar-refractivity contribution in [2.24, 2.45) is 0 Å². The van der Waals surface area contributed by atoms with Crippen LogP contribution in [0.15, 0.2) is 36.8 Å². The number of nitrogens with zero attached hydrogens (tertiary/aromatic N) is 2. The predicted molar refractivity (Wildman–Crippen MR) is 55.5 cm³/mol. The number of ether oxygens (including phenoxy) is 1. The van der Waals surface area contributed by atoms with Crippen molar-refractivity contribution in [3.05, 3.63) is 48.2 Å². The van der Waals surface area contributed by atoms with Gasteiger partial charge in [-0.3, -0.25) is 0 Å². The van der Waals surface area contributed by atoms with Crippen LogP contribution >= 0.6 is 0 Å². The number of halogens is 1. The van der Waals surface area contributed by atoms with Crippen LogP contribution in [0.2, 0.25) is 0 Å². The summed E-state index contributed by atoms with van der Waals surface area (Å²) in [5.74, 6) is -1.71. The molecule has 1 heterocycles. The second-order valence-electron chi connectivity index (χ2n) is 3.10. The molecule has 1 aromatic carbocycles. The third kappa shape index (κ3) is 2.54. The predicted octanol–water partition coefficient (Wildman–Crippen LogP) is 2.11. The molecule has 1 N–H and O–H groups in total. The Morgan fingerprint density at radius 3 is 2.82 bits per heavy atom. The van der Waals surface area contributed by atoms with Crippen LogP contribution in [0.5, 0.6) is 11.6 Å². The van der Waals surface area contributed by atoms with Crippen LogP contribution in [0.25, 0.3) is 0 Å². The van der Waals surface area contributed by atoms with E-state index >= 15 is 0 Å². The van der Waals surface area contributed by atoms with Gasteiger partial charge < -0.3 is 9.84 Å². The van der Waals surface area contributed by atoms with E-state index in [9.17, 15) is 9.18 Å². The van der Waals surface area contributed by atoms with Crippen LogP contribution in [-0.2, 0) is 0 Å². The maximum absolute atomic E-state index is 13.1. The van der Waals surface area contributed by atoms with Crippen molar-refractivity contribution in [3.8, 4) is 11.6 Å². The van der Waals surface area contributed by atoms with Crippen LogP contribution < -0.4 is 4.74 Å². The number of hydrogen-bond acceptors (Lipinski definition) is 4. The summed E-state index contributed by atoms with van der Waals surface area (Å²) < 4.78 is 18.3. The van der Waals surface area contributed by atoms with E-state index in [4.69, 9.17) is 9.84 Å². The van der Waals surface area contributed by atoms with Gasteiger partial charge in [-0.2, -0.15) is 0 Å². The first kappa shape index (κ1) is 11.0. The number of aromatic nitrogens is 2. The van der Waals surface area contributed by atoms with Gasteiger partial charge in [0.1, 0.15) is 17.9 Å². The number of hydrogen-bond donors (Lipinski definition) is 1. The van der Waals surface area contributed by atoms with Gasteiger partial charge in [0.2, 0.25) is 5.88 Å². The van der Waals surface area contributed by atoms with Gasteiger partial charge in [0, 0.05) is 12.3 Å². The van der Waals surface area contributed by atoms with Crippen molar-refractivity contribution >= 4 is 5.97 Å². The summed E-state index contributed by atoms with van der Waals surface area (Å²) in [4.78, 5) is 18.2. The monoisotopic (exact) mass is 234 g/mol. The number of rotatable bonds is 3. The average molecular weight is 234 g/mol. The summed E-state index contributed by atoms with van der Waals surface area (Å²) in [5.41, 5.74) is -0.448. The van der Waals surface area contributed by atoms with Crippen LogP contribution in [0.1, 0.15) is 10.4 Å². The highest BCUT2D eigenvalue weighted by atomic mass is 19.1. The third-order valence-corrected chi connectivity index (χ3v) is 1.95. The zero-order valence-corrected chi connectivity index (χ0v) is 8.50. The molecule has 5 nitrogen and oxygen atoms in total. The lowest BCUT2D eigenvalue weighted by Gasteiger charge is -2.05. The minimum Gasteiger partial charge on any atom is -0.478 e. The Morgan fingerprint density at radius 1 is 1.35 bits per heavy atom. The standard InChI is InChI=1S/C11H7FN2O3/c12-9-2-1-7(5-8(9)11(15)16)17-10-3-4-13-6-14-10/h1-6H,(H,15,16). The molecule has 0 aliphatic rings. The normalized spacial score (nSPS) is 9.94. The van der Waals surface area contributed by atoms with Crippen molar-refractivity contribution < 1.29 is 19.0 Å². The van der Waals surface area contributed by atoms with E-state index in [-0.39, 0.29) is 11.6 Å². The first-order valence-corrected chi connectivity index (χ1v) is 4.63. The molecule has 0 aliphatic carbocycles. The molecule has 0 radical (unpaired) electrons. The van der Waals surface area contributed by atoms with Gasteiger partial charge in [0.05, 0.1) is 5.56 Å². The molecule has 0 aliphatic heterocycles. The molecule has 0 spiro atoms. The van der Waals surface area contributed by atoms with Gasteiger partial charge in [-0.1, -0.05) is 0 Å². The van der Waals surface area contributed by atoms with Crippen molar-refractivity contribution in [2.75, 3.05) is 0 Å². The number of carbonyl (C=O) groups is 1. The molecule has 2 rings (SSSR count). The lowest BCUT2D eigenvalue weighted by molar-refractivity contribution is 0.0691. The summed E-state index contributed by atoms with van der Waals surface area (Å²) in [6.45, 7) is 0. The third-order valence-electron chi connectivity index (χ3n) is 1.95. The van der Waals surface area contributed by atoms with E-state index in [0.717, 1.165) is 12.1 Å². The molecule has 0 saturated carbocycles. The van der Waals surface area contributed by atoms with Gasteiger partial charge in [-0.05, 0) is 18.2 Å². The minimum absolute atomic E-state index is 0.197. The van der Waals surface area contributed by atoms with Gasteiger partial charge >= 0.3 is 5.97 Å². The Balaban J connectivity index is 2.29. The number of carboxylic acid groups (broad SMARTS) is 1. The highest BCUT2D eigenvalue weighted by Crippen LogP contribution is 2.21. The maximum atomic E-state index is 13.1. The number of aromatic carboxylic acids is 1. The molecule has 2 aromatic rings. The molecule has 6 heteroatoms. The molecule has 0 fully saturated rings. The SMILES string of the molecule is O=C(O)c1cc(Oc2ccncn2)ccc1F. The Bertz CT molecular complexity index is 546.